The van der Waals surface area contributed by atoms with E-state index in [1.807, 2.05) is 18.2 Å². The van der Waals surface area contributed by atoms with Crippen LogP contribution in [0, 0.1) is 0 Å². The molecule has 0 radical (unpaired) electrons. The first-order chi connectivity index (χ1) is 7.67. The molecule has 0 bridgehead atoms. The summed E-state index contributed by atoms with van der Waals surface area (Å²) in [6.07, 6.45) is 4.32. The second-order valence-electron chi connectivity index (χ2n) is 4.57. The molecule has 2 N–H and O–H groups in total. The quantitative estimate of drug-likeness (QED) is 0.847. The summed E-state index contributed by atoms with van der Waals surface area (Å²) in [6, 6.07) is 5.87. The predicted molar refractivity (Wildman–Crippen MR) is 64.0 cm³/mol. The van der Waals surface area contributed by atoms with Gasteiger partial charge in [0.2, 0.25) is 0 Å². The highest BCUT2D eigenvalue weighted by Gasteiger charge is 2.33. The largest absolute Gasteiger partial charge is 0.497 e. The van der Waals surface area contributed by atoms with Crippen LogP contribution in [-0.4, -0.2) is 19.8 Å². The first-order valence-corrected chi connectivity index (χ1v) is 5.67. The molecular weight excluding hydrogens is 202 g/mol. The van der Waals surface area contributed by atoms with Crippen molar-refractivity contribution >= 4 is 0 Å². The highest BCUT2D eigenvalue weighted by Crippen LogP contribution is 2.35. The molecular formula is C13H19NO2. The maximum atomic E-state index is 6.25. The second-order valence-corrected chi connectivity index (χ2v) is 4.57. The van der Waals surface area contributed by atoms with Crippen LogP contribution in [0.15, 0.2) is 18.2 Å². The lowest BCUT2D eigenvalue weighted by Gasteiger charge is -2.38. The monoisotopic (exact) mass is 221 g/mol. The average Bonchev–Trinajstić information content (AvgIpc) is 2.27. The molecule has 1 saturated carbocycles. The zero-order chi connectivity index (χ0) is 11.6. The minimum absolute atomic E-state index is 0.0281. The van der Waals surface area contributed by atoms with E-state index in [-0.39, 0.29) is 5.54 Å². The fourth-order valence-electron chi connectivity index (χ4n) is 2.21. The van der Waals surface area contributed by atoms with Gasteiger partial charge >= 0.3 is 0 Å². The van der Waals surface area contributed by atoms with Crippen LogP contribution in [0.2, 0.25) is 0 Å². The number of hydrogen-bond donors (Lipinski definition) is 1. The predicted octanol–water partition coefficient (Wildman–Crippen LogP) is 2.13. The van der Waals surface area contributed by atoms with E-state index in [4.69, 9.17) is 15.2 Å². The van der Waals surface area contributed by atoms with Gasteiger partial charge in [-0.15, -0.1) is 0 Å². The summed E-state index contributed by atoms with van der Waals surface area (Å²) in [7, 11) is 3.36. The van der Waals surface area contributed by atoms with Crippen molar-refractivity contribution < 1.29 is 9.47 Å². The van der Waals surface area contributed by atoms with Gasteiger partial charge in [-0.3, -0.25) is 0 Å². The second kappa shape index (κ2) is 4.34. The van der Waals surface area contributed by atoms with Gasteiger partial charge in [0.25, 0.3) is 0 Å². The van der Waals surface area contributed by atoms with Gasteiger partial charge in [-0.2, -0.15) is 0 Å². The van der Waals surface area contributed by atoms with Crippen molar-refractivity contribution in [2.24, 2.45) is 5.73 Å². The van der Waals surface area contributed by atoms with Gasteiger partial charge in [-0.25, -0.2) is 0 Å². The molecule has 0 aliphatic heterocycles. The summed E-state index contributed by atoms with van der Waals surface area (Å²) < 4.78 is 10.6. The van der Waals surface area contributed by atoms with Crippen LogP contribution in [0.5, 0.6) is 11.5 Å². The number of methoxy groups -OCH3 is 2. The van der Waals surface area contributed by atoms with Gasteiger partial charge in [0.05, 0.1) is 14.2 Å². The van der Waals surface area contributed by atoms with Crippen LogP contribution in [0.3, 0.4) is 0 Å². The van der Waals surface area contributed by atoms with Crippen LogP contribution in [-0.2, 0) is 6.42 Å². The van der Waals surface area contributed by atoms with Gasteiger partial charge in [-0.1, -0.05) is 0 Å². The SMILES string of the molecule is COc1ccc(OC)c(CC2(N)CCC2)c1. The molecule has 1 aliphatic carbocycles. The lowest BCUT2D eigenvalue weighted by Crippen LogP contribution is -2.48. The third kappa shape index (κ3) is 2.14. The van der Waals surface area contributed by atoms with Gasteiger partial charge in [-0.05, 0) is 49.4 Å². The van der Waals surface area contributed by atoms with Gasteiger partial charge in [0, 0.05) is 5.54 Å². The topological polar surface area (TPSA) is 44.5 Å². The van der Waals surface area contributed by atoms with Crippen LogP contribution in [0.25, 0.3) is 0 Å². The summed E-state index contributed by atoms with van der Waals surface area (Å²) in [5, 5.41) is 0. The van der Waals surface area contributed by atoms with Gasteiger partial charge in [0.1, 0.15) is 11.5 Å². The Kier molecular flexibility index (Phi) is 3.06. The molecule has 1 aliphatic rings. The molecule has 0 heterocycles. The normalized spacial score (nSPS) is 17.7. The van der Waals surface area contributed by atoms with Crippen molar-refractivity contribution in [3.05, 3.63) is 23.8 Å². The van der Waals surface area contributed by atoms with E-state index in [0.29, 0.717) is 0 Å². The molecule has 3 nitrogen and oxygen atoms in total. The smallest absolute Gasteiger partial charge is 0.122 e. The molecule has 0 aromatic heterocycles. The number of rotatable bonds is 4. The van der Waals surface area contributed by atoms with Gasteiger partial charge in [0.15, 0.2) is 0 Å². The van der Waals surface area contributed by atoms with E-state index in [1.165, 1.54) is 6.42 Å². The fourth-order valence-corrected chi connectivity index (χ4v) is 2.21. The molecule has 1 fully saturated rings. The van der Waals surface area contributed by atoms with Gasteiger partial charge < -0.3 is 15.2 Å². The fraction of sp³-hybridized carbons (Fsp3) is 0.538. The number of hydrogen-bond acceptors (Lipinski definition) is 3. The minimum Gasteiger partial charge on any atom is -0.497 e. The first-order valence-electron chi connectivity index (χ1n) is 5.67. The van der Waals surface area contributed by atoms with Crippen molar-refractivity contribution in [3.8, 4) is 11.5 Å². The molecule has 0 amide bonds. The molecule has 1 aromatic rings. The first kappa shape index (κ1) is 11.3. The van der Waals surface area contributed by atoms with E-state index in [2.05, 4.69) is 0 Å². The van der Waals surface area contributed by atoms with Crippen LogP contribution in [0.4, 0.5) is 0 Å². The molecule has 3 heteroatoms. The summed E-state index contributed by atoms with van der Waals surface area (Å²) in [4.78, 5) is 0. The Labute approximate surface area is 96.5 Å². The van der Waals surface area contributed by atoms with E-state index in [9.17, 15) is 0 Å². The molecule has 2 rings (SSSR count). The Morgan fingerprint density at radius 1 is 1.25 bits per heavy atom. The van der Waals surface area contributed by atoms with E-state index >= 15 is 0 Å². The zero-order valence-corrected chi connectivity index (χ0v) is 9.95. The van der Waals surface area contributed by atoms with Crippen molar-refractivity contribution in [1.29, 1.82) is 0 Å². The van der Waals surface area contributed by atoms with Crippen molar-refractivity contribution in [3.63, 3.8) is 0 Å². The van der Waals surface area contributed by atoms with E-state index < -0.39 is 0 Å². The summed E-state index contributed by atoms with van der Waals surface area (Å²) in [6.45, 7) is 0. The van der Waals surface area contributed by atoms with Crippen LogP contribution in [0.1, 0.15) is 24.8 Å². The summed E-state index contributed by atoms with van der Waals surface area (Å²) in [5.74, 6) is 1.76. The Morgan fingerprint density at radius 3 is 2.50 bits per heavy atom. The standard InChI is InChI=1S/C13H19NO2/c1-15-11-4-5-12(16-2)10(8-11)9-13(14)6-3-7-13/h4-5,8H,3,6-7,9,14H2,1-2H3. The maximum Gasteiger partial charge on any atom is 0.122 e. The van der Waals surface area contributed by atoms with Crippen molar-refractivity contribution in [2.45, 2.75) is 31.2 Å². The third-order valence-electron chi connectivity index (χ3n) is 3.38. The Bertz CT molecular complexity index is 372. The number of benzene rings is 1. The molecule has 0 unspecified atom stereocenters. The minimum atomic E-state index is -0.0281. The summed E-state index contributed by atoms with van der Waals surface area (Å²) in [5.41, 5.74) is 7.37. The molecule has 0 spiro atoms. The molecule has 16 heavy (non-hydrogen) atoms. The van der Waals surface area contributed by atoms with Crippen LogP contribution >= 0.6 is 0 Å². The molecule has 1 aromatic carbocycles. The number of nitrogens with two attached hydrogens (primary N) is 1. The van der Waals surface area contributed by atoms with Crippen molar-refractivity contribution in [2.75, 3.05) is 14.2 Å². The lowest BCUT2D eigenvalue weighted by molar-refractivity contribution is 0.244. The highest BCUT2D eigenvalue weighted by atomic mass is 16.5. The Morgan fingerprint density at radius 2 is 2.00 bits per heavy atom. The maximum absolute atomic E-state index is 6.25. The summed E-state index contributed by atoms with van der Waals surface area (Å²) >= 11 is 0. The molecule has 0 saturated heterocycles. The Hall–Kier alpha value is -1.22. The number of ether oxygens (including phenoxy) is 2. The molecule has 88 valence electrons. The van der Waals surface area contributed by atoms with Crippen molar-refractivity contribution in [1.82, 2.24) is 0 Å². The molecule has 0 atom stereocenters. The van der Waals surface area contributed by atoms with E-state index in [1.54, 1.807) is 14.2 Å². The zero-order valence-electron chi connectivity index (χ0n) is 9.95. The average molecular weight is 221 g/mol. The van der Waals surface area contributed by atoms with Crippen LogP contribution < -0.4 is 15.2 Å². The Balaban J connectivity index is 2.22. The van der Waals surface area contributed by atoms with E-state index in [0.717, 1.165) is 36.3 Å². The lowest BCUT2D eigenvalue weighted by atomic mass is 9.73. The third-order valence-corrected chi connectivity index (χ3v) is 3.38. The highest BCUT2D eigenvalue weighted by molar-refractivity contribution is 5.41.